The molecule has 0 aromatic rings. The van der Waals surface area contributed by atoms with E-state index in [-0.39, 0.29) is 11.9 Å². The maximum absolute atomic E-state index is 11.5. The van der Waals surface area contributed by atoms with Crippen LogP contribution in [0.2, 0.25) is 0 Å². The maximum Gasteiger partial charge on any atom is 0.330 e. The highest BCUT2D eigenvalue weighted by atomic mass is 16.5. The van der Waals surface area contributed by atoms with Crippen molar-refractivity contribution in [2.45, 2.75) is 26.7 Å². The van der Waals surface area contributed by atoms with E-state index in [0.29, 0.717) is 12.8 Å². The summed E-state index contributed by atoms with van der Waals surface area (Å²) in [6.07, 6.45) is 6.81. The van der Waals surface area contributed by atoms with Gasteiger partial charge in [-0.2, -0.15) is 0 Å². The third kappa shape index (κ3) is 13.1. The largest absolute Gasteiger partial charge is 0.469 e. The number of hydrogen-bond acceptors (Lipinski definition) is 8. The smallest absolute Gasteiger partial charge is 0.330 e. The van der Waals surface area contributed by atoms with Crippen LogP contribution in [-0.4, -0.2) is 52.3 Å². The predicted molar refractivity (Wildman–Crippen MR) is 112 cm³/mol. The molecule has 0 heterocycles. The highest BCUT2D eigenvalue weighted by molar-refractivity contribution is 5.91. The molecular weight excluding hydrogens is 392 g/mol. The van der Waals surface area contributed by atoms with Crippen LogP contribution in [0.5, 0.6) is 0 Å². The average Bonchev–Trinajstić information content (AvgIpc) is 2.76. The fourth-order valence-electron chi connectivity index (χ4n) is 2.15. The van der Waals surface area contributed by atoms with Crippen molar-refractivity contribution in [3.8, 4) is 0 Å². The van der Waals surface area contributed by atoms with Gasteiger partial charge in [0.2, 0.25) is 0 Å². The molecule has 0 fully saturated rings. The molecule has 0 aromatic carbocycles. The van der Waals surface area contributed by atoms with Crippen LogP contribution in [0.3, 0.4) is 0 Å². The number of rotatable bonds is 5. The molecule has 0 radical (unpaired) electrons. The molecule has 2 unspecified atom stereocenters. The third-order valence-corrected chi connectivity index (χ3v) is 3.86. The highest BCUT2D eigenvalue weighted by Gasteiger charge is 2.36. The van der Waals surface area contributed by atoms with Crippen LogP contribution in [0.4, 0.5) is 0 Å². The Kier molecular flexibility index (Phi) is 16.2. The fraction of sp³-hybridized carbons (Fsp3) is 0.455. The normalized spacial score (nSPS) is 16.9. The second-order valence-electron chi connectivity index (χ2n) is 6.18. The standard InChI is InChI=1S/C11H16O4.C6H8O4.C5H8/c1-7-4-5-8(10(12)14-2)9(6-7)11(13)15-3;1-9-5(7)3-4-6(8)10-2;1-4-5(2)3/h4,8-9H,5-6H2,1-3H3;3-4H,1-2H3;4H,1-2H2,3H3/b;4-3-;. The lowest BCUT2D eigenvalue weighted by molar-refractivity contribution is -0.157. The van der Waals surface area contributed by atoms with Gasteiger partial charge in [0, 0.05) is 12.2 Å². The van der Waals surface area contributed by atoms with E-state index in [4.69, 9.17) is 0 Å². The minimum atomic E-state index is -0.578. The molecule has 0 saturated heterocycles. The van der Waals surface area contributed by atoms with E-state index in [9.17, 15) is 19.2 Å². The van der Waals surface area contributed by atoms with Gasteiger partial charge in [-0.05, 0) is 26.7 Å². The van der Waals surface area contributed by atoms with E-state index in [2.05, 4.69) is 32.1 Å². The van der Waals surface area contributed by atoms with Gasteiger partial charge in [0.1, 0.15) is 0 Å². The Hall–Kier alpha value is -3.16. The Balaban J connectivity index is 0. The minimum Gasteiger partial charge on any atom is -0.469 e. The van der Waals surface area contributed by atoms with E-state index >= 15 is 0 Å². The SMILES string of the molecule is C=CC(=C)C.COC(=O)/C=C\C(=O)OC.COC(=O)C1CC=C(C)CC1C(=O)OC. The summed E-state index contributed by atoms with van der Waals surface area (Å²) in [5.74, 6) is -2.62. The number of hydrogen-bond donors (Lipinski definition) is 0. The molecule has 8 heteroatoms. The summed E-state index contributed by atoms with van der Waals surface area (Å²) in [4.78, 5) is 43.6. The summed E-state index contributed by atoms with van der Waals surface area (Å²) in [5.41, 5.74) is 2.13. The van der Waals surface area contributed by atoms with Gasteiger partial charge in [0.05, 0.1) is 40.3 Å². The van der Waals surface area contributed by atoms with Crippen molar-refractivity contribution in [3.05, 3.63) is 48.6 Å². The van der Waals surface area contributed by atoms with Crippen molar-refractivity contribution in [2.24, 2.45) is 11.8 Å². The molecule has 0 bridgehead atoms. The molecule has 30 heavy (non-hydrogen) atoms. The lowest BCUT2D eigenvalue weighted by atomic mass is 9.80. The summed E-state index contributed by atoms with van der Waals surface area (Å²) >= 11 is 0. The van der Waals surface area contributed by atoms with Gasteiger partial charge < -0.3 is 18.9 Å². The van der Waals surface area contributed by atoms with E-state index in [1.807, 2.05) is 19.9 Å². The second kappa shape index (κ2) is 16.8. The minimum absolute atomic E-state index is 0.335. The molecule has 1 aliphatic rings. The highest BCUT2D eigenvalue weighted by Crippen LogP contribution is 2.31. The molecule has 2 atom stereocenters. The number of methoxy groups -OCH3 is 4. The maximum atomic E-state index is 11.5. The van der Waals surface area contributed by atoms with Crippen LogP contribution < -0.4 is 0 Å². The zero-order valence-electron chi connectivity index (χ0n) is 18.6. The number of carbonyl (C=O) groups is 4. The van der Waals surface area contributed by atoms with E-state index in [0.717, 1.165) is 23.3 Å². The second-order valence-corrected chi connectivity index (χ2v) is 6.18. The third-order valence-electron chi connectivity index (χ3n) is 3.86. The molecule has 0 amide bonds. The van der Waals surface area contributed by atoms with Crippen molar-refractivity contribution in [3.63, 3.8) is 0 Å². The summed E-state index contributed by atoms with van der Waals surface area (Å²) in [6.45, 7) is 10.9. The summed E-state index contributed by atoms with van der Waals surface area (Å²) in [5, 5.41) is 0. The van der Waals surface area contributed by atoms with Gasteiger partial charge >= 0.3 is 23.9 Å². The van der Waals surface area contributed by atoms with Gasteiger partial charge in [-0.1, -0.05) is 36.5 Å². The van der Waals surface area contributed by atoms with Crippen LogP contribution >= 0.6 is 0 Å². The molecular formula is C22H32O8. The van der Waals surface area contributed by atoms with Gasteiger partial charge in [-0.25, -0.2) is 9.59 Å². The number of esters is 4. The van der Waals surface area contributed by atoms with Crippen LogP contribution in [0.25, 0.3) is 0 Å². The first-order valence-corrected chi connectivity index (χ1v) is 9.00. The topological polar surface area (TPSA) is 105 Å². The average molecular weight is 424 g/mol. The van der Waals surface area contributed by atoms with Crippen LogP contribution in [-0.2, 0) is 38.1 Å². The monoisotopic (exact) mass is 424 g/mol. The first kappa shape index (κ1) is 29.0. The zero-order chi connectivity index (χ0) is 23.7. The molecule has 8 nitrogen and oxygen atoms in total. The van der Waals surface area contributed by atoms with Gasteiger partial charge in [0.15, 0.2) is 0 Å². The molecule has 0 aromatic heterocycles. The molecule has 0 N–H and O–H groups in total. The molecule has 1 rings (SSSR count). The summed E-state index contributed by atoms with van der Waals surface area (Å²) < 4.78 is 17.8. The van der Waals surface area contributed by atoms with Crippen LogP contribution in [0.1, 0.15) is 26.7 Å². The van der Waals surface area contributed by atoms with E-state index in [1.165, 1.54) is 28.4 Å². The Morgan fingerprint density at radius 1 is 0.900 bits per heavy atom. The van der Waals surface area contributed by atoms with Gasteiger partial charge in [0.25, 0.3) is 0 Å². The molecule has 168 valence electrons. The Morgan fingerprint density at radius 3 is 1.63 bits per heavy atom. The Bertz CT molecular complexity index is 655. The lowest BCUT2D eigenvalue weighted by Gasteiger charge is -2.26. The van der Waals surface area contributed by atoms with Crippen LogP contribution in [0.15, 0.2) is 48.6 Å². The van der Waals surface area contributed by atoms with Gasteiger partial charge in [-0.3, -0.25) is 9.59 Å². The lowest BCUT2D eigenvalue weighted by Crippen LogP contribution is -2.33. The predicted octanol–water partition coefficient (Wildman–Crippen LogP) is 2.94. The first-order valence-electron chi connectivity index (χ1n) is 9.00. The summed E-state index contributed by atoms with van der Waals surface area (Å²) in [6, 6.07) is 0. The summed E-state index contributed by atoms with van der Waals surface area (Å²) in [7, 11) is 5.13. The molecule has 1 aliphatic carbocycles. The number of ether oxygens (including phenoxy) is 4. The van der Waals surface area contributed by atoms with Crippen LogP contribution in [0, 0.1) is 11.8 Å². The van der Waals surface area contributed by atoms with E-state index < -0.39 is 23.8 Å². The van der Waals surface area contributed by atoms with Crippen molar-refractivity contribution >= 4 is 23.9 Å². The molecule has 0 saturated carbocycles. The number of carbonyl (C=O) groups excluding carboxylic acids is 4. The van der Waals surface area contributed by atoms with E-state index in [1.54, 1.807) is 6.08 Å². The fourth-order valence-corrected chi connectivity index (χ4v) is 2.15. The van der Waals surface area contributed by atoms with Crippen molar-refractivity contribution in [1.29, 1.82) is 0 Å². The first-order chi connectivity index (χ1) is 14.1. The Morgan fingerprint density at radius 2 is 1.30 bits per heavy atom. The van der Waals surface area contributed by atoms with Crippen molar-refractivity contribution in [1.82, 2.24) is 0 Å². The van der Waals surface area contributed by atoms with Crippen molar-refractivity contribution < 1.29 is 38.1 Å². The molecule has 0 spiro atoms. The van der Waals surface area contributed by atoms with Crippen molar-refractivity contribution in [2.75, 3.05) is 28.4 Å². The zero-order valence-corrected chi connectivity index (χ0v) is 18.6. The van der Waals surface area contributed by atoms with Gasteiger partial charge in [-0.15, -0.1) is 0 Å². The molecule has 0 aliphatic heterocycles. The number of allylic oxidation sites excluding steroid dienone is 4. The Labute approximate surface area is 178 Å². The quantitative estimate of drug-likeness (QED) is 0.218.